The number of carboxylic acids is 1. The lowest BCUT2D eigenvalue weighted by atomic mass is 10.3. The van der Waals surface area contributed by atoms with Crippen molar-refractivity contribution in [2.75, 3.05) is 17.7 Å². The lowest BCUT2D eigenvalue weighted by molar-refractivity contribution is -0.141. The summed E-state index contributed by atoms with van der Waals surface area (Å²) in [6, 6.07) is 2.40. The molecule has 1 aromatic heterocycles. The van der Waals surface area contributed by atoms with Gasteiger partial charge in [0.2, 0.25) is 0 Å². The van der Waals surface area contributed by atoms with Gasteiger partial charge in [0, 0.05) is 19.0 Å². The summed E-state index contributed by atoms with van der Waals surface area (Å²) < 4.78 is 0. The van der Waals surface area contributed by atoms with E-state index in [9.17, 15) is 9.59 Å². The molecule has 2 amide bonds. The molecule has 1 fully saturated rings. The molecule has 2 heterocycles. The van der Waals surface area contributed by atoms with E-state index in [0.717, 1.165) is 0 Å². The summed E-state index contributed by atoms with van der Waals surface area (Å²) in [5, 5.41) is 9.02. The molecule has 1 aromatic rings. The van der Waals surface area contributed by atoms with Crippen molar-refractivity contribution < 1.29 is 14.7 Å². The van der Waals surface area contributed by atoms with E-state index in [0.29, 0.717) is 11.4 Å². The van der Waals surface area contributed by atoms with Gasteiger partial charge in [0.15, 0.2) is 0 Å². The largest absolute Gasteiger partial charge is 0.480 e. The fourth-order valence-electron chi connectivity index (χ4n) is 1.96. The number of anilines is 1. The highest BCUT2D eigenvalue weighted by atomic mass is 32.2. The van der Waals surface area contributed by atoms with Crippen LogP contribution in [0.25, 0.3) is 0 Å². The number of aliphatic carboxylic acids is 1. The monoisotopic (exact) mass is 281 g/mol. The molecule has 1 aliphatic rings. The molecule has 6 nitrogen and oxygen atoms in total. The smallest absolute Gasteiger partial charge is 0.327 e. The van der Waals surface area contributed by atoms with Gasteiger partial charge in [-0.3, -0.25) is 14.8 Å². The molecule has 102 valence electrons. The molecule has 0 spiro atoms. The van der Waals surface area contributed by atoms with Gasteiger partial charge in [-0.1, -0.05) is 0 Å². The highest BCUT2D eigenvalue weighted by Gasteiger charge is 2.40. The van der Waals surface area contributed by atoms with Crippen LogP contribution in [0.15, 0.2) is 24.5 Å². The van der Waals surface area contributed by atoms with Crippen LogP contribution in [0.1, 0.15) is 6.92 Å². The van der Waals surface area contributed by atoms with E-state index in [2.05, 4.69) is 4.98 Å². The van der Waals surface area contributed by atoms with Gasteiger partial charge >= 0.3 is 12.0 Å². The Hall–Kier alpha value is -1.76. The molecular formula is C12H15N3O3S. The third-order valence-electron chi connectivity index (χ3n) is 3.05. The van der Waals surface area contributed by atoms with Gasteiger partial charge in [-0.25, -0.2) is 9.59 Å². The van der Waals surface area contributed by atoms with Gasteiger partial charge in [-0.15, -0.1) is 11.8 Å². The van der Waals surface area contributed by atoms with Crippen molar-refractivity contribution in [2.24, 2.45) is 0 Å². The lowest BCUT2D eigenvalue weighted by Crippen LogP contribution is -2.50. The Morgan fingerprint density at radius 2 is 2.32 bits per heavy atom. The zero-order valence-electron chi connectivity index (χ0n) is 10.7. The van der Waals surface area contributed by atoms with Crippen molar-refractivity contribution >= 4 is 29.4 Å². The van der Waals surface area contributed by atoms with Crippen LogP contribution in [0.2, 0.25) is 0 Å². The quantitative estimate of drug-likeness (QED) is 0.889. The van der Waals surface area contributed by atoms with E-state index in [-0.39, 0.29) is 11.4 Å². The average molecular weight is 281 g/mol. The van der Waals surface area contributed by atoms with E-state index in [4.69, 9.17) is 5.11 Å². The number of hydrogen-bond acceptors (Lipinski definition) is 4. The van der Waals surface area contributed by atoms with Crippen LogP contribution in [0.3, 0.4) is 0 Å². The molecule has 1 saturated heterocycles. The van der Waals surface area contributed by atoms with Crippen LogP contribution in [-0.2, 0) is 4.79 Å². The van der Waals surface area contributed by atoms with Crippen LogP contribution < -0.4 is 4.90 Å². The number of carbonyl (C=O) groups is 2. The molecule has 1 aliphatic heterocycles. The lowest BCUT2D eigenvalue weighted by Gasteiger charge is -2.29. The van der Waals surface area contributed by atoms with E-state index in [1.807, 2.05) is 6.92 Å². The minimum Gasteiger partial charge on any atom is -0.480 e. The van der Waals surface area contributed by atoms with Crippen LogP contribution in [0, 0.1) is 0 Å². The van der Waals surface area contributed by atoms with E-state index in [1.165, 1.54) is 21.6 Å². The second-order valence-corrected chi connectivity index (χ2v) is 5.60. The molecule has 19 heavy (non-hydrogen) atoms. The molecule has 7 heteroatoms. The molecular weight excluding hydrogens is 266 g/mol. The molecule has 0 saturated carbocycles. The standard InChI is InChI=1S/C12H15N3O3S/c1-8-15(10(7-19-8)11(16)17)12(18)14(2)9-4-3-5-13-6-9/h3-6,8,10H,7H2,1-2H3,(H,16,17). The van der Waals surface area contributed by atoms with Gasteiger partial charge in [-0.2, -0.15) is 0 Å². The summed E-state index contributed by atoms with van der Waals surface area (Å²) in [7, 11) is 1.62. The fourth-order valence-corrected chi connectivity index (χ4v) is 3.12. The summed E-state index contributed by atoms with van der Waals surface area (Å²) >= 11 is 1.46. The number of carboxylic acid groups (broad SMARTS) is 1. The van der Waals surface area contributed by atoms with Crippen molar-refractivity contribution in [1.29, 1.82) is 0 Å². The minimum absolute atomic E-state index is 0.146. The van der Waals surface area contributed by atoms with Crippen LogP contribution >= 0.6 is 11.8 Å². The number of pyridine rings is 1. The van der Waals surface area contributed by atoms with E-state index in [1.54, 1.807) is 31.6 Å². The zero-order chi connectivity index (χ0) is 14.0. The molecule has 0 radical (unpaired) electrons. The Balaban J connectivity index is 2.20. The van der Waals surface area contributed by atoms with Gasteiger partial charge in [0.25, 0.3) is 0 Å². The molecule has 1 N–H and O–H groups in total. The summed E-state index contributed by atoms with van der Waals surface area (Å²) in [4.78, 5) is 30.4. The van der Waals surface area contributed by atoms with Gasteiger partial charge < -0.3 is 5.11 Å². The van der Waals surface area contributed by atoms with Gasteiger partial charge in [0.1, 0.15) is 6.04 Å². The number of aromatic nitrogens is 1. The van der Waals surface area contributed by atoms with Crippen molar-refractivity contribution in [3.8, 4) is 0 Å². The van der Waals surface area contributed by atoms with Crippen molar-refractivity contribution in [3.63, 3.8) is 0 Å². The zero-order valence-corrected chi connectivity index (χ0v) is 11.5. The van der Waals surface area contributed by atoms with Gasteiger partial charge in [0.05, 0.1) is 17.3 Å². The first-order chi connectivity index (χ1) is 9.02. The molecule has 2 rings (SSSR count). The van der Waals surface area contributed by atoms with Gasteiger partial charge in [-0.05, 0) is 19.1 Å². The number of thioether (sulfide) groups is 1. The van der Waals surface area contributed by atoms with Crippen LogP contribution in [0.4, 0.5) is 10.5 Å². The molecule has 0 aromatic carbocycles. The fraction of sp³-hybridized carbons (Fsp3) is 0.417. The summed E-state index contributed by atoms with van der Waals surface area (Å²) in [5.41, 5.74) is 0.640. The normalized spacial score (nSPS) is 22.3. The second kappa shape index (κ2) is 5.48. The Morgan fingerprint density at radius 3 is 2.89 bits per heavy atom. The number of amides is 2. The number of nitrogens with zero attached hydrogens (tertiary/aromatic N) is 3. The summed E-state index contributed by atoms with van der Waals surface area (Å²) in [6.07, 6.45) is 3.19. The number of hydrogen-bond donors (Lipinski definition) is 1. The average Bonchev–Trinajstić information content (AvgIpc) is 2.80. The van der Waals surface area contributed by atoms with Crippen molar-refractivity contribution in [1.82, 2.24) is 9.88 Å². The van der Waals surface area contributed by atoms with Crippen molar-refractivity contribution in [3.05, 3.63) is 24.5 Å². The number of carbonyl (C=O) groups excluding carboxylic acids is 1. The maximum Gasteiger partial charge on any atom is 0.327 e. The predicted octanol–water partition coefficient (Wildman–Crippen LogP) is 1.49. The van der Waals surface area contributed by atoms with Crippen LogP contribution in [-0.4, -0.2) is 51.2 Å². The first kappa shape index (κ1) is 13.7. The first-order valence-electron chi connectivity index (χ1n) is 5.83. The molecule has 0 bridgehead atoms. The highest BCUT2D eigenvalue weighted by molar-refractivity contribution is 8.00. The molecule has 2 unspecified atom stereocenters. The Morgan fingerprint density at radius 1 is 1.58 bits per heavy atom. The number of rotatable bonds is 2. The Labute approximate surface area is 115 Å². The molecule has 0 aliphatic carbocycles. The maximum atomic E-state index is 12.4. The van der Waals surface area contributed by atoms with E-state index < -0.39 is 12.0 Å². The van der Waals surface area contributed by atoms with Crippen molar-refractivity contribution in [2.45, 2.75) is 18.3 Å². The Kier molecular flexibility index (Phi) is 3.94. The number of urea groups is 1. The SMILES string of the molecule is CC1SCC(C(=O)O)N1C(=O)N(C)c1cccnc1. The first-order valence-corrected chi connectivity index (χ1v) is 6.87. The predicted molar refractivity (Wildman–Crippen MR) is 73.2 cm³/mol. The topological polar surface area (TPSA) is 73.7 Å². The maximum absolute atomic E-state index is 12.4. The second-order valence-electron chi connectivity index (χ2n) is 4.25. The van der Waals surface area contributed by atoms with E-state index >= 15 is 0 Å². The Bertz CT molecular complexity index is 482. The summed E-state index contributed by atoms with van der Waals surface area (Å²) in [6.45, 7) is 1.84. The third-order valence-corrected chi connectivity index (χ3v) is 4.27. The van der Waals surface area contributed by atoms with Crippen LogP contribution in [0.5, 0.6) is 0 Å². The molecule has 2 atom stereocenters. The highest BCUT2D eigenvalue weighted by Crippen LogP contribution is 2.30. The summed E-state index contributed by atoms with van der Waals surface area (Å²) in [5.74, 6) is -0.548. The third kappa shape index (κ3) is 2.65. The minimum atomic E-state index is -0.968.